The molecule has 2 aromatic rings. The second kappa shape index (κ2) is 6.64. The third kappa shape index (κ3) is 3.65. The fraction of sp³-hybridized carbons (Fsp3) is 0.133. The summed E-state index contributed by atoms with van der Waals surface area (Å²) in [4.78, 5) is 12.0. The second-order valence-corrected chi connectivity index (χ2v) is 4.77. The van der Waals surface area contributed by atoms with Crippen molar-refractivity contribution in [2.75, 3.05) is 6.61 Å². The molecule has 0 unspecified atom stereocenters. The first-order chi connectivity index (χ1) is 9.60. The predicted octanol–water partition coefficient (Wildman–Crippen LogP) is 4.61. The Balaban J connectivity index is 2.11. The van der Waals surface area contributed by atoms with E-state index in [1.807, 2.05) is 6.92 Å². The van der Waals surface area contributed by atoms with E-state index in [0.717, 1.165) is 0 Å². The molecule has 0 aromatic heterocycles. The Morgan fingerprint density at radius 3 is 2.40 bits per heavy atom. The van der Waals surface area contributed by atoms with Gasteiger partial charge in [-0.15, -0.1) is 0 Å². The van der Waals surface area contributed by atoms with Gasteiger partial charge in [0.1, 0.15) is 11.5 Å². The van der Waals surface area contributed by atoms with Gasteiger partial charge in [-0.05, 0) is 49.4 Å². The number of benzene rings is 2. The van der Waals surface area contributed by atoms with E-state index in [4.69, 9.17) is 32.7 Å². The highest BCUT2D eigenvalue weighted by Crippen LogP contribution is 2.28. The molecular formula is C15H12Cl2O3. The molecule has 0 fully saturated rings. The minimum Gasteiger partial charge on any atom is -0.494 e. The number of hydrogen-bond acceptors (Lipinski definition) is 3. The van der Waals surface area contributed by atoms with Crippen molar-refractivity contribution in [1.82, 2.24) is 0 Å². The minimum atomic E-state index is -0.489. The maximum absolute atomic E-state index is 12.0. The van der Waals surface area contributed by atoms with E-state index in [9.17, 15) is 4.79 Å². The van der Waals surface area contributed by atoms with Crippen molar-refractivity contribution in [1.29, 1.82) is 0 Å². The van der Waals surface area contributed by atoms with E-state index in [0.29, 0.717) is 22.9 Å². The van der Waals surface area contributed by atoms with Crippen LogP contribution in [0.5, 0.6) is 11.5 Å². The molecule has 104 valence electrons. The maximum Gasteiger partial charge on any atom is 0.343 e. The van der Waals surface area contributed by atoms with E-state index < -0.39 is 5.97 Å². The van der Waals surface area contributed by atoms with Gasteiger partial charge >= 0.3 is 5.97 Å². The largest absolute Gasteiger partial charge is 0.494 e. The fourth-order valence-electron chi connectivity index (χ4n) is 1.57. The molecule has 0 N–H and O–H groups in total. The van der Waals surface area contributed by atoms with Crippen molar-refractivity contribution in [3.05, 3.63) is 58.1 Å². The van der Waals surface area contributed by atoms with Gasteiger partial charge in [-0.3, -0.25) is 0 Å². The molecule has 0 saturated carbocycles. The van der Waals surface area contributed by atoms with Gasteiger partial charge < -0.3 is 9.47 Å². The second-order valence-electron chi connectivity index (χ2n) is 3.92. The number of hydrogen-bond donors (Lipinski definition) is 0. The summed E-state index contributed by atoms with van der Waals surface area (Å²) in [6, 6.07) is 11.4. The Morgan fingerprint density at radius 2 is 1.80 bits per heavy atom. The number of ether oxygens (including phenoxy) is 2. The lowest BCUT2D eigenvalue weighted by molar-refractivity contribution is 0.0735. The molecule has 3 nitrogen and oxygen atoms in total. The van der Waals surface area contributed by atoms with E-state index in [-0.39, 0.29) is 10.8 Å². The third-order valence-corrected chi connectivity index (χ3v) is 3.03. The van der Waals surface area contributed by atoms with Crippen LogP contribution in [0.2, 0.25) is 10.0 Å². The van der Waals surface area contributed by atoms with Gasteiger partial charge in [0, 0.05) is 5.02 Å². The highest BCUT2D eigenvalue weighted by atomic mass is 35.5. The van der Waals surface area contributed by atoms with Crippen LogP contribution in [0.4, 0.5) is 0 Å². The van der Waals surface area contributed by atoms with Crippen LogP contribution in [0.15, 0.2) is 42.5 Å². The molecule has 0 aliphatic heterocycles. The first-order valence-electron chi connectivity index (χ1n) is 6.00. The van der Waals surface area contributed by atoms with E-state index in [2.05, 4.69) is 0 Å². The average molecular weight is 311 g/mol. The summed E-state index contributed by atoms with van der Waals surface area (Å²) in [7, 11) is 0. The van der Waals surface area contributed by atoms with E-state index in [1.54, 1.807) is 36.4 Å². The summed E-state index contributed by atoms with van der Waals surface area (Å²) in [6.07, 6.45) is 0. The molecule has 0 aliphatic carbocycles. The Labute approximate surface area is 127 Å². The lowest BCUT2D eigenvalue weighted by atomic mass is 10.2. The molecule has 2 rings (SSSR count). The SMILES string of the molecule is CCOc1ccc(C(=O)Oc2ccc(Cl)cc2Cl)cc1. The number of halogens is 2. The van der Waals surface area contributed by atoms with E-state index >= 15 is 0 Å². The molecule has 20 heavy (non-hydrogen) atoms. The molecule has 0 aliphatic rings. The van der Waals surface area contributed by atoms with Crippen molar-refractivity contribution >= 4 is 29.2 Å². The smallest absolute Gasteiger partial charge is 0.343 e. The first-order valence-corrected chi connectivity index (χ1v) is 6.76. The first kappa shape index (κ1) is 14.7. The lowest BCUT2D eigenvalue weighted by Gasteiger charge is -2.07. The van der Waals surface area contributed by atoms with Crippen LogP contribution in [0.3, 0.4) is 0 Å². The highest BCUT2D eigenvalue weighted by Gasteiger charge is 2.11. The predicted molar refractivity (Wildman–Crippen MR) is 79.0 cm³/mol. The summed E-state index contributed by atoms with van der Waals surface area (Å²) in [5.74, 6) is 0.487. The molecule has 0 heterocycles. The standard InChI is InChI=1S/C15H12Cl2O3/c1-2-19-12-6-3-10(4-7-12)15(18)20-14-8-5-11(16)9-13(14)17/h3-9H,2H2,1H3. The quantitative estimate of drug-likeness (QED) is 0.611. The van der Waals surface area contributed by atoms with Crippen molar-refractivity contribution in [3.8, 4) is 11.5 Å². The zero-order valence-electron chi connectivity index (χ0n) is 10.7. The Hall–Kier alpha value is -1.71. The Morgan fingerprint density at radius 1 is 1.10 bits per heavy atom. The molecule has 0 saturated heterocycles. The summed E-state index contributed by atoms with van der Waals surface area (Å²) in [5, 5.41) is 0.771. The summed E-state index contributed by atoms with van der Waals surface area (Å²) in [6.45, 7) is 2.47. The molecule has 0 spiro atoms. The van der Waals surface area contributed by atoms with Gasteiger partial charge in [0.05, 0.1) is 17.2 Å². The van der Waals surface area contributed by atoms with Crippen LogP contribution in [-0.2, 0) is 0 Å². The van der Waals surface area contributed by atoms with Crippen LogP contribution >= 0.6 is 23.2 Å². The summed E-state index contributed by atoms with van der Waals surface area (Å²) < 4.78 is 10.5. The van der Waals surface area contributed by atoms with Crippen molar-refractivity contribution in [3.63, 3.8) is 0 Å². The molecule has 2 aromatic carbocycles. The molecule has 0 radical (unpaired) electrons. The molecule has 0 bridgehead atoms. The number of carbonyl (C=O) groups excluding carboxylic acids is 1. The summed E-state index contributed by atoms with van der Waals surface area (Å²) >= 11 is 11.7. The van der Waals surface area contributed by atoms with Crippen LogP contribution < -0.4 is 9.47 Å². The van der Waals surface area contributed by atoms with Gasteiger partial charge in [0.2, 0.25) is 0 Å². The Kier molecular flexibility index (Phi) is 4.88. The average Bonchev–Trinajstić information content (AvgIpc) is 2.43. The summed E-state index contributed by atoms with van der Waals surface area (Å²) in [5.41, 5.74) is 0.416. The van der Waals surface area contributed by atoms with Crippen LogP contribution in [0.25, 0.3) is 0 Å². The fourth-order valence-corrected chi connectivity index (χ4v) is 2.02. The normalized spacial score (nSPS) is 10.2. The molecular weight excluding hydrogens is 299 g/mol. The van der Waals surface area contributed by atoms with E-state index in [1.165, 1.54) is 6.07 Å². The van der Waals surface area contributed by atoms with Gasteiger partial charge in [-0.25, -0.2) is 4.79 Å². The topological polar surface area (TPSA) is 35.5 Å². The van der Waals surface area contributed by atoms with Crippen LogP contribution in [0.1, 0.15) is 17.3 Å². The van der Waals surface area contributed by atoms with Crippen molar-refractivity contribution < 1.29 is 14.3 Å². The number of carbonyl (C=O) groups is 1. The molecule has 0 atom stereocenters. The van der Waals surface area contributed by atoms with Gasteiger partial charge in [0.15, 0.2) is 0 Å². The number of esters is 1. The van der Waals surface area contributed by atoms with Gasteiger partial charge in [0.25, 0.3) is 0 Å². The minimum absolute atomic E-state index is 0.273. The zero-order valence-corrected chi connectivity index (χ0v) is 12.2. The van der Waals surface area contributed by atoms with Crippen LogP contribution in [0, 0.1) is 0 Å². The maximum atomic E-state index is 12.0. The monoisotopic (exact) mass is 310 g/mol. The number of rotatable bonds is 4. The molecule has 0 amide bonds. The zero-order chi connectivity index (χ0) is 14.5. The highest BCUT2D eigenvalue weighted by molar-refractivity contribution is 6.35. The van der Waals surface area contributed by atoms with Gasteiger partial charge in [-0.2, -0.15) is 0 Å². The third-order valence-electron chi connectivity index (χ3n) is 2.50. The van der Waals surface area contributed by atoms with Crippen molar-refractivity contribution in [2.45, 2.75) is 6.92 Å². The molecule has 5 heteroatoms. The Bertz CT molecular complexity index is 609. The van der Waals surface area contributed by atoms with Crippen molar-refractivity contribution in [2.24, 2.45) is 0 Å². The van der Waals surface area contributed by atoms with Crippen LogP contribution in [-0.4, -0.2) is 12.6 Å². The lowest BCUT2D eigenvalue weighted by Crippen LogP contribution is -2.08. The van der Waals surface area contributed by atoms with Gasteiger partial charge in [-0.1, -0.05) is 23.2 Å².